The first-order chi connectivity index (χ1) is 5.79. The van der Waals surface area contributed by atoms with Crippen molar-refractivity contribution < 1.29 is 0 Å². The lowest BCUT2D eigenvalue weighted by Gasteiger charge is -2.15. The van der Waals surface area contributed by atoms with Gasteiger partial charge in [-0.1, -0.05) is 12.1 Å². The van der Waals surface area contributed by atoms with Crippen molar-refractivity contribution in [1.82, 2.24) is 0 Å². The lowest BCUT2D eigenvalue weighted by molar-refractivity contribution is 0.944. The SMILES string of the molecule is CC1=NCCc2c(N)cccc21. The number of anilines is 1. The molecule has 0 saturated carbocycles. The van der Waals surface area contributed by atoms with Crippen LogP contribution in [0, 0.1) is 0 Å². The molecule has 0 spiro atoms. The summed E-state index contributed by atoms with van der Waals surface area (Å²) in [4.78, 5) is 4.37. The predicted molar refractivity (Wildman–Crippen MR) is 51.6 cm³/mol. The van der Waals surface area contributed by atoms with E-state index in [1.165, 1.54) is 11.1 Å². The number of rotatable bonds is 0. The summed E-state index contributed by atoms with van der Waals surface area (Å²) in [5.41, 5.74) is 10.4. The normalized spacial score (nSPS) is 15.2. The van der Waals surface area contributed by atoms with Gasteiger partial charge in [0, 0.05) is 23.5 Å². The molecule has 0 saturated heterocycles. The van der Waals surface area contributed by atoms with Crippen molar-refractivity contribution in [3.63, 3.8) is 0 Å². The Kier molecular flexibility index (Phi) is 1.61. The number of benzene rings is 1. The Morgan fingerprint density at radius 2 is 2.25 bits per heavy atom. The van der Waals surface area contributed by atoms with E-state index in [0.29, 0.717) is 0 Å². The molecule has 1 aromatic rings. The third-order valence-electron chi connectivity index (χ3n) is 2.31. The molecule has 12 heavy (non-hydrogen) atoms. The Balaban J connectivity index is 2.62. The summed E-state index contributed by atoms with van der Waals surface area (Å²) in [6.07, 6.45) is 0.985. The zero-order valence-electron chi connectivity index (χ0n) is 7.17. The highest BCUT2D eigenvalue weighted by molar-refractivity contribution is 6.01. The molecule has 2 heteroatoms. The van der Waals surface area contributed by atoms with Gasteiger partial charge >= 0.3 is 0 Å². The standard InChI is InChI=1S/C10H12N2/c1-7-8-3-2-4-10(11)9(8)5-6-12-7/h2-4H,5-6,11H2,1H3. The first-order valence-electron chi connectivity index (χ1n) is 4.18. The molecule has 1 aliphatic rings. The summed E-state index contributed by atoms with van der Waals surface area (Å²) in [7, 11) is 0. The van der Waals surface area contributed by atoms with Gasteiger partial charge in [-0.15, -0.1) is 0 Å². The van der Waals surface area contributed by atoms with Gasteiger partial charge in [0.05, 0.1) is 0 Å². The average Bonchev–Trinajstić information content (AvgIpc) is 2.07. The van der Waals surface area contributed by atoms with Crippen molar-refractivity contribution in [2.24, 2.45) is 4.99 Å². The molecule has 2 rings (SSSR count). The molecule has 1 aliphatic heterocycles. The molecular weight excluding hydrogens is 148 g/mol. The molecule has 62 valence electrons. The van der Waals surface area contributed by atoms with Gasteiger partial charge in [-0.05, 0) is 25.0 Å². The Labute approximate surface area is 72.1 Å². The number of nitrogens with two attached hydrogens (primary N) is 1. The molecule has 0 unspecified atom stereocenters. The topological polar surface area (TPSA) is 38.4 Å². The summed E-state index contributed by atoms with van der Waals surface area (Å²) in [6.45, 7) is 2.92. The first-order valence-corrected chi connectivity index (χ1v) is 4.18. The number of hydrogen-bond acceptors (Lipinski definition) is 2. The van der Waals surface area contributed by atoms with E-state index in [1.54, 1.807) is 0 Å². The maximum Gasteiger partial charge on any atom is 0.0434 e. The lowest BCUT2D eigenvalue weighted by atomic mass is 9.97. The van der Waals surface area contributed by atoms with E-state index in [4.69, 9.17) is 5.73 Å². The Morgan fingerprint density at radius 3 is 3.00 bits per heavy atom. The minimum absolute atomic E-state index is 0.882. The maximum absolute atomic E-state index is 5.85. The van der Waals surface area contributed by atoms with E-state index in [2.05, 4.69) is 11.1 Å². The zero-order chi connectivity index (χ0) is 8.55. The Hall–Kier alpha value is -1.31. The van der Waals surface area contributed by atoms with Gasteiger partial charge in [0.1, 0.15) is 0 Å². The zero-order valence-corrected chi connectivity index (χ0v) is 7.17. The van der Waals surface area contributed by atoms with Crippen LogP contribution in [0.5, 0.6) is 0 Å². The van der Waals surface area contributed by atoms with Gasteiger partial charge in [0.2, 0.25) is 0 Å². The highest BCUT2D eigenvalue weighted by Gasteiger charge is 2.11. The fourth-order valence-corrected chi connectivity index (χ4v) is 1.64. The van der Waals surface area contributed by atoms with Crippen LogP contribution < -0.4 is 5.73 Å². The molecule has 0 bridgehead atoms. The smallest absolute Gasteiger partial charge is 0.0434 e. The lowest BCUT2D eigenvalue weighted by Crippen LogP contribution is -2.11. The van der Waals surface area contributed by atoms with Crippen LogP contribution in [0.25, 0.3) is 0 Å². The van der Waals surface area contributed by atoms with Crippen molar-refractivity contribution in [2.45, 2.75) is 13.3 Å². The molecule has 0 atom stereocenters. The Bertz CT molecular complexity index is 340. The molecule has 2 N–H and O–H groups in total. The third kappa shape index (κ3) is 0.998. The van der Waals surface area contributed by atoms with E-state index in [-0.39, 0.29) is 0 Å². The second-order valence-electron chi connectivity index (χ2n) is 3.09. The second-order valence-corrected chi connectivity index (χ2v) is 3.09. The van der Waals surface area contributed by atoms with Gasteiger partial charge in [-0.3, -0.25) is 4.99 Å². The quantitative estimate of drug-likeness (QED) is 0.575. The van der Waals surface area contributed by atoms with Crippen LogP contribution in [0.2, 0.25) is 0 Å². The van der Waals surface area contributed by atoms with E-state index >= 15 is 0 Å². The van der Waals surface area contributed by atoms with Crippen molar-refractivity contribution in [3.05, 3.63) is 29.3 Å². The highest BCUT2D eigenvalue weighted by atomic mass is 14.7. The maximum atomic E-state index is 5.85. The van der Waals surface area contributed by atoms with Gasteiger partial charge < -0.3 is 5.73 Å². The van der Waals surface area contributed by atoms with Crippen LogP contribution >= 0.6 is 0 Å². The number of fused-ring (bicyclic) bond motifs is 1. The van der Waals surface area contributed by atoms with Gasteiger partial charge in [-0.2, -0.15) is 0 Å². The van der Waals surface area contributed by atoms with E-state index < -0.39 is 0 Å². The number of nitrogen functional groups attached to an aromatic ring is 1. The van der Waals surface area contributed by atoms with E-state index in [0.717, 1.165) is 24.4 Å². The van der Waals surface area contributed by atoms with E-state index in [1.807, 2.05) is 19.1 Å². The average molecular weight is 160 g/mol. The molecule has 0 amide bonds. The molecule has 1 aromatic carbocycles. The molecular formula is C10H12N2. The molecule has 2 nitrogen and oxygen atoms in total. The Morgan fingerprint density at radius 1 is 1.42 bits per heavy atom. The van der Waals surface area contributed by atoms with Crippen LogP contribution in [-0.2, 0) is 6.42 Å². The fourth-order valence-electron chi connectivity index (χ4n) is 1.64. The fraction of sp³-hybridized carbons (Fsp3) is 0.300. The number of aliphatic imine (C=N–C) groups is 1. The number of hydrogen-bond donors (Lipinski definition) is 1. The summed E-state index contributed by atoms with van der Waals surface area (Å²) < 4.78 is 0. The summed E-state index contributed by atoms with van der Waals surface area (Å²) in [5, 5.41) is 0. The van der Waals surface area contributed by atoms with E-state index in [9.17, 15) is 0 Å². The highest BCUT2D eigenvalue weighted by Crippen LogP contribution is 2.21. The first kappa shape index (κ1) is 7.35. The largest absolute Gasteiger partial charge is 0.398 e. The number of nitrogens with zero attached hydrogens (tertiary/aromatic N) is 1. The molecule has 0 radical (unpaired) electrons. The molecule has 0 aromatic heterocycles. The predicted octanol–water partition coefficient (Wildman–Crippen LogP) is 1.63. The molecule has 0 aliphatic carbocycles. The van der Waals surface area contributed by atoms with Crippen LogP contribution in [0.4, 0.5) is 5.69 Å². The van der Waals surface area contributed by atoms with Gasteiger partial charge in [0.25, 0.3) is 0 Å². The minimum atomic E-state index is 0.882. The summed E-state index contributed by atoms with van der Waals surface area (Å²) >= 11 is 0. The van der Waals surface area contributed by atoms with Gasteiger partial charge in [-0.25, -0.2) is 0 Å². The van der Waals surface area contributed by atoms with Crippen molar-refractivity contribution >= 4 is 11.4 Å². The third-order valence-corrected chi connectivity index (χ3v) is 2.31. The monoisotopic (exact) mass is 160 g/mol. The van der Waals surface area contributed by atoms with Crippen molar-refractivity contribution in [2.75, 3.05) is 12.3 Å². The molecule has 0 fully saturated rings. The van der Waals surface area contributed by atoms with Crippen molar-refractivity contribution in [3.8, 4) is 0 Å². The summed E-state index contributed by atoms with van der Waals surface area (Å²) in [5.74, 6) is 0. The van der Waals surface area contributed by atoms with Crippen LogP contribution in [0.1, 0.15) is 18.1 Å². The van der Waals surface area contributed by atoms with Crippen LogP contribution in [0.15, 0.2) is 23.2 Å². The van der Waals surface area contributed by atoms with Gasteiger partial charge in [0.15, 0.2) is 0 Å². The van der Waals surface area contributed by atoms with Crippen LogP contribution in [-0.4, -0.2) is 12.3 Å². The van der Waals surface area contributed by atoms with Crippen LogP contribution in [0.3, 0.4) is 0 Å². The van der Waals surface area contributed by atoms with Crippen molar-refractivity contribution in [1.29, 1.82) is 0 Å². The second kappa shape index (κ2) is 2.63. The molecule has 1 heterocycles. The minimum Gasteiger partial charge on any atom is -0.398 e. The summed E-state index contributed by atoms with van der Waals surface area (Å²) in [6, 6.07) is 6.03.